The predicted octanol–water partition coefficient (Wildman–Crippen LogP) is 2.23. The van der Waals surface area contributed by atoms with Crippen LogP contribution in [0.25, 0.3) is 22.3 Å². The third-order valence-electron chi connectivity index (χ3n) is 5.09. The topological polar surface area (TPSA) is 121 Å². The van der Waals surface area contributed by atoms with Crippen LogP contribution in [0.15, 0.2) is 31.0 Å². The molecule has 0 saturated carbocycles. The maximum absolute atomic E-state index is 12.6. The average Bonchev–Trinajstić information content (AvgIpc) is 3.42. The fourth-order valence-electron chi connectivity index (χ4n) is 3.57. The zero-order valence-electron chi connectivity index (χ0n) is 17.3. The molecule has 0 aliphatic rings. The quantitative estimate of drug-likeness (QED) is 0.250. The largest absolute Gasteiger partial charge is 0.405 e. The third-order valence-corrected chi connectivity index (χ3v) is 5.58. The molecule has 0 aromatic carbocycles. The number of carbonyl (C=O) groups excluding carboxylic acids is 1. The number of halogens is 3. The molecule has 3 heterocycles. The molecule has 1 amide bonds. The number of aliphatic hydroxyl groups is 1. The Morgan fingerprint density at radius 3 is 2.84 bits per heavy atom. The van der Waals surface area contributed by atoms with Crippen LogP contribution in [0.1, 0.15) is 19.3 Å². The van der Waals surface area contributed by atoms with Crippen LogP contribution in [0.2, 0.25) is 0 Å². The van der Waals surface area contributed by atoms with Crippen molar-refractivity contribution >= 4 is 28.9 Å². The summed E-state index contributed by atoms with van der Waals surface area (Å²) in [4.78, 5) is 23.9. The summed E-state index contributed by atoms with van der Waals surface area (Å²) in [6.45, 7) is -1.23. The van der Waals surface area contributed by atoms with E-state index in [0.717, 1.165) is 5.39 Å². The molecule has 13 heteroatoms. The lowest BCUT2D eigenvalue weighted by Crippen LogP contribution is -2.44. The van der Waals surface area contributed by atoms with Gasteiger partial charge in [-0.15, -0.1) is 0 Å². The van der Waals surface area contributed by atoms with Gasteiger partial charge in [0.25, 0.3) is 0 Å². The Labute approximate surface area is 186 Å². The number of aromatic nitrogens is 5. The second kappa shape index (κ2) is 10.3. The van der Waals surface area contributed by atoms with E-state index in [9.17, 15) is 23.1 Å². The minimum atomic E-state index is -4.51. The third kappa shape index (κ3) is 5.78. The van der Waals surface area contributed by atoms with Crippen molar-refractivity contribution in [1.82, 2.24) is 34.8 Å². The Morgan fingerprint density at radius 1 is 1.31 bits per heavy atom. The van der Waals surface area contributed by atoms with Gasteiger partial charge in [0.05, 0.1) is 23.9 Å². The number of aliphatic hydroxyl groups excluding tert-OH is 1. The summed E-state index contributed by atoms with van der Waals surface area (Å²) in [5, 5.41) is 16.8. The Balaban J connectivity index is 1.93. The van der Waals surface area contributed by atoms with Gasteiger partial charge in [0.2, 0.25) is 5.91 Å². The van der Waals surface area contributed by atoms with Crippen LogP contribution in [0.4, 0.5) is 13.2 Å². The molecule has 3 aromatic heterocycles. The van der Waals surface area contributed by atoms with Crippen molar-refractivity contribution in [3.05, 3.63) is 31.0 Å². The van der Waals surface area contributed by atoms with E-state index in [1.807, 2.05) is 17.6 Å². The molecule has 0 fully saturated rings. The second-order valence-corrected chi connectivity index (χ2v) is 7.95. The first-order chi connectivity index (χ1) is 15.3. The monoisotopic (exact) mass is 471 g/mol. The molecule has 174 valence electrons. The molecule has 32 heavy (non-hydrogen) atoms. The van der Waals surface area contributed by atoms with Crippen LogP contribution in [0, 0.1) is 0 Å². The van der Waals surface area contributed by atoms with Gasteiger partial charge in [0, 0.05) is 36.5 Å². The molecule has 4 N–H and O–H groups in total. The molecular weight excluding hydrogens is 447 g/mol. The fraction of sp³-hybridized carbons (Fsp3) is 0.474. The molecule has 0 aliphatic heterocycles. The highest BCUT2D eigenvalue weighted by molar-refractivity contribution is 7.96. The highest BCUT2D eigenvalue weighted by atomic mass is 32.2. The lowest BCUT2D eigenvalue weighted by Gasteiger charge is -2.33. The standard InChI is InChI=1S/C19H24F3N7O2S/c1-32-28-6-3-18(4-7-30,8-15(31)24-11-19(20,21)22)29-10-13(9-27-29)16-14-2-5-23-17(14)26-12-25-16/h2,5,9-10,12,28,30H,3-4,6-8,11H2,1H3,(H,24,31)(H,23,25,26). The molecule has 0 radical (unpaired) electrons. The molecule has 0 aliphatic carbocycles. The summed E-state index contributed by atoms with van der Waals surface area (Å²) in [6, 6.07) is 1.83. The van der Waals surface area contributed by atoms with E-state index in [2.05, 4.69) is 24.8 Å². The number of nitrogens with zero attached hydrogens (tertiary/aromatic N) is 4. The Hall–Kier alpha value is -2.64. The Morgan fingerprint density at radius 2 is 2.12 bits per heavy atom. The lowest BCUT2D eigenvalue weighted by atomic mass is 9.87. The molecule has 1 atom stereocenters. The van der Waals surface area contributed by atoms with Gasteiger partial charge in [-0.25, -0.2) is 9.97 Å². The van der Waals surface area contributed by atoms with Gasteiger partial charge in [0.1, 0.15) is 18.5 Å². The van der Waals surface area contributed by atoms with Gasteiger partial charge in [-0.2, -0.15) is 18.3 Å². The summed E-state index contributed by atoms with van der Waals surface area (Å²) >= 11 is 1.38. The minimum absolute atomic E-state index is 0.132. The van der Waals surface area contributed by atoms with Gasteiger partial charge < -0.3 is 15.4 Å². The smallest absolute Gasteiger partial charge is 0.396 e. The minimum Gasteiger partial charge on any atom is -0.396 e. The van der Waals surface area contributed by atoms with Crippen molar-refractivity contribution in [1.29, 1.82) is 0 Å². The van der Waals surface area contributed by atoms with Crippen molar-refractivity contribution in [2.24, 2.45) is 0 Å². The number of H-pyrrole nitrogens is 1. The molecular formula is C19H24F3N7O2S. The van der Waals surface area contributed by atoms with Crippen LogP contribution in [-0.4, -0.2) is 67.9 Å². The van der Waals surface area contributed by atoms with Gasteiger partial charge in [-0.3, -0.25) is 14.2 Å². The molecule has 3 aromatic rings. The highest BCUT2D eigenvalue weighted by Gasteiger charge is 2.36. The number of nitrogens with one attached hydrogen (secondary N) is 3. The number of hydrogen-bond donors (Lipinski definition) is 4. The number of amides is 1. The van der Waals surface area contributed by atoms with E-state index in [1.165, 1.54) is 18.3 Å². The fourth-order valence-corrected chi connectivity index (χ4v) is 3.88. The summed E-state index contributed by atoms with van der Waals surface area (Å²) in [6.07, 6.45) is 3.98. The first-order valence-corrected chi connectivity index (χ1v) is 11.0. The zero-order chi connectivity index (χ0) is 23.2. The maximum Gasteiger partial charge on any atom is 0.405 e. The van der Waals surface area contributed by atoms with E-state index in [4.69, 9.17) is 0 Å². The van der Waals surface area contributed by atoms with Gasteiger partial charge in [0.15, 0.2) is 0 Å². The van der Waals surface area contributed by atoms with Gasteiger partial charge in [-0.05, 0) is 25.2 Å². The zero-order valence-corrected chi connectivity index (χ0v) is 18.1. The highest BCUT2D eigenvalue weighted by Crippen LogP contribution is 2.32. The first kappa shape index (κ1) is 24.0. The van der Waals surface area contributed by atoms with Crippen LogP contribution in [0.3, 0.4) is 0 Å². The van der Waals surface area contributed by atoms with E-state index in [0.29, 0.717) is 29.9 Å². The van der Waals surface area contributed by atoms with Crippen molar-refractivity contribution in [3.8, 4) is 11.3 Å². The molecule has 0 saturated heterocycles. The van der Waals surface area contributed by atoms with Crippen molar-refractivity contribution in [2.45, 2.75) is 31.0 Å². The van der Waals surface area contributed by atoms with E-state index in [1.54, 1.807) is 23.3 Å². The Bertz CT molecular complexity index is 1040. The van der Waals surface area contributed by atoms with Crippen LogP contribution < -0.4 is 10.0 Å². The number of carbonyl (C=O) groups is 1. The second-order valence-electron chi connectivity index (χ2n) is 7.25. The van der Waals surface area contributed by atoms with Crippen molar-refractivity contribution < 1.29 is 23.1 Å². The van der Waals surface area contributed by atoms with Gasteiger partial charge >= 0.3 is 6.18 Å². The number of alkyl halides is 3. The van der Waals surface area contributed by atoms with E-state index in [-0.39, 0.29) is 19.4 Å². The SMILES string of the molecule is CSNCCC(CCO)(CC(=O)NCC(F)(F)F)n1cc(-c2ncnc3[nH]ccc23)cn1. The van der Waals surface area contributed by atoms with Crippen molar-refractivity contribution in [3.63, 3.8) is 0 Å². The van der Waals surface area contributed by atoms with Gasteiger partial charge in [-0.1, -0.05) is 11.9 Å². The summed E-state index contributed by atoms with van der Waals surface area (Å²) < 4.78 is 42.3. The van der Waals surface area contributed by atoms with E-state index >= 15 is 0 Å². The normalized spacial score (nSPS) is 13.9. The molecule has 1 unspecified atom stereocenters. The number of hydrogen-bond acceptors (Lipinski definition) is 7. The molecule has 0 spiro atoms. The molecule has 3 rings (SSSR count). The number of fused-ring (bicyclic) bond motifs is 1. The number of rotatable bonds is 11. The van der Waals surface area contributed by atoms with Crippen LogP contribution in [-0.2, 0) is 10.3 Å². The van der Waals surface area contributed by atoms with Crippen molar-refractivity contribution in [2.75, 3.05) is 26.0 Å². The summed E-state index contributed by atoms with van der Waals surface area (Å²) in [7, 11) is 0. The first-order valence-electron chi connectivity index (χ1n) is 9.82. The Kier molecular flexibility index (Phi) is 7.74. The summed E-state index contributed by atoms with van der Waals surface area (Å²) in [5.41, 5.74) is 0.910. The predicted molar refractivity (Wildman–Crippen MR) is 115 cm³/mol. The lowest BCUT2D eigenvalue weighted by molar-refractivity contribution is -0.140. The van der Waals surface area contributed by atoms with Crippen LogP contribution in [0.5, 0.6) is 0 Å². The molecule has 0 bridgehead atoms. The maximum atomic E-state index is 12.6. The average molecular weight is 472 g/mol. The number of aromatic amines is 1. The van der Waals surface area contributed by atoms with E-state index < -0.39 is 24.2 Å². The van der Waals surface area contributed by atoms with Crippen LogP contribution >= 0.6 is 11.9 Å². The molecule has 9 nitrogen and oxygen atoms in total. The summed E-state index contributed by atoms with van der Waals surface area (Å²) in [5.74, 6) is -0.771.